The van der Waals surface area contributed by atoms with Gasteiger partial charge in [0.2, 0.25) is 0 Å². The Balaban J connectivity index is 1.74. The third-order valence-electron chi connectivity index (χ3n) is 4.84. The van der Waals surface area contributed by atoms with E-state index in [9.17, 15) is 0 Å². The van der Waals surface area contributed by atoms with Crippen molar-refractivity contribution in [3.05, 3.63) is 30.3 Å². The van der Waals surface area contributed by atoms with Gasteiger partial charge >= 0.3 is 0 Å². The minimum absolute atomic E-state index is 0.786. The number of fused-ring (bicyclic) bond motifs is 1. The van der Waals surface area contributed by atoms with Crippen LogP contribution in [0.2, 0.25) is 0 Å². The van der Waals surface area contributed by atoms with E-state index in [0.717, 1.165) is 64.1 Å². The molecule has 1 aromatic heterocycles. The highest BCUT2D eigenvalue weighted by atomic mass is 16.5. The van der Waals surface area contributed by atoms with Gasteiger partial charge < -0.3 is 19.4 Å². The third kappa shape index (κ3) is 2.99. The molecule has 0 saturated carbocycles. The fraction of sp³-hybridized carbons (Fsp3) is 0.500. The van der Waals surface area contributed by atoms with Crippen LogP contribution in [0.4, 0.5) is 11.6 Å². The van der Waals surface area contributed by atoms with Gasteiger partial charge in [-0.1, -0.05) is 24.3 Å². The Morgan fingerprint density at radius 3 is 2.43 bits per heavy atom. The molecular weight excluding hydrogens is 288 g/mol. The van der Waals surface area contributed by atoms with Crippen molar-refractivity contribution < 1.29 is 4.74 Å². The molecule has 122 valence electrons. The van der Waals surface area contributed by atoms with E-state index in [2.05, 4.69) is 52.1 Å². The molecule has 2 fully saturated rings. The zero-order valence-corrected chi connectivity index (χ0v) is 13.7. The smallest absolute Gasteiger partial charge is 0.139 e. The second kappa shape index (κ2) is 6.34. The third-order valence-corrected chi connectivity index (χ3v) is 4.84. The largest absolute Gasteiger partial charge is 0.378 e. The number of rotatable bonds is 2. The lowest BCUT2D eigenvalue weighted by Crippen LogP contribution is -2.45. The molecule has 0 unspecified atom stereocenters. The Hall–Kier alpha value is -1.85. The van der Waals surface area contributed by atoms with Crippen molar-refractivity contribution in [1.29, 1.82) is 0 Å². The van der Waals surface area contributed by atoms with E-state index in [1.165, 1.54) is 10.8 Å². The van der Waals surface area contributed by atoms with Crippen LogP contribution >= 0.6 is 0 Å². The van der Waals surface area contributed by atoms with E-state index < -0.39 is 0 Å². The molecular formula is C18H24N4O. The Kier molecular flexibility index (Phi) is 4.06. The molecule has 0 N–H and O–H groups in total. The van der Waals surface area contributed by atoms with Crippen molar-refractivity contribution >= 4 is 22.4 Å². The number of morpholine rings is 1. The normalized spacial score (nSPS) is 20.2. The molecule has 0 atom stereocenters. The average molecular weight is 312 g/mol. The van der Waals surface area contributed by atoms with Gasteiger partial charge in [-0.05, 0) is 18.5 Å². The molecule has 5 heteroatoms. The number of hydrogen-bond acceptors (Lipinski definition) is 5. The molecule has 0 bridgehead atoms. The van der Waals surface area contributed by atoms with Crippen molar-refractivity contribution in [3.63, 3.8) is 0 Å². The van der Waals surface area contributed by atoms with Crippen LogP contribution in [0.15, 0.2) is 30.3 Å². The number of ether oxygens (including phenoxy) is 1. The van der Waals surface area contributed by atoms with Gasteiger partial charge in [-0.3, -0.25) is 0 Å². The summed E-state index contributed by atoms with van der Waals surface area (Å²) >= 11 is 0. The second-order valence-electron chi connectivity index (χ2n) is 6.41. The van der Waals surface area contributed by atoms with Crippen LogP contribution < -0.4 is 9.80 Å². The topological polar surface area (TPSA) is 31.8 Å². The van der Waals surface area contributed by atoms with Crippen molar-refractivity contribution in [2.75, 3.05) is 69.3 Å². The summed E-state index contributed by atoms with van der Waals surface area (Å²) in [5.74, 6) is 2.22. The molecule has 2 saturated heterocycles. The Morgan fingerprint density at radius 2 is 1.65 bits per heavy atom. The van der Waals surface area contributed by atoms with Crippen molar-refractivity contribution in [2.45, 2.75) is 0 Å². The molecule has 2 aliphatic heterocycles. The summed E-state index contributed by atoms with van der Waals surface area (Å²) < 4.78 is 5.51. The van der Waals surface area contributed by atoms with Gasteiger partial charge in [0.1, 0.15) is 11.6 Å². The van der Waals surface area contributed by atoms with Crippen molar-refractivity contribution in [3.8, 4) is 0 Å². The lowest BCUT2D eigenvalue weighted by Gasteiger charge is -2.35. The summed E-state index contributed by atoms with van der Waals surface area (Å²) in [6, 6.07) is 10.8. The lowest BCUT2D eigenvalue weighted by atomic mass is 10.1. The summed E-state index contributed by atoms with van der Waals surface area (Å²) in [6.07, 6.45) is 0. The summed E-state index contributed by atoms with van der Waals surface area (Å²) in [6.45, 7) is 7.70. The van der Waals surface area contributed by atoms with E-state index >= 15 is 0 Å². The van der Waals surface area contributed by atoms with E-state index in [4.69, 9.17) is 9.72 Å². The summed E-state index contributed by atoms with van der Waals surface area (Å²) in [7, 11) is 2.18. The van der Waals surface area contributed by atoms with Crippen LogP contribution in [-0.2, 0) is 4.74 Å². The number of likely N-dealkylation sites (N-methyl/N-ethyl adjacent to an activating group) is 1. The maximum absolute atomic E-state index is 5.51. The van der Waals surface area contributed by atoms with E-state index in [1.807, 2.05) is 0 Å². The van der Waals surface area contributed by atoms with Gasteiger partial charge in [0, 0.05) is 44.7 Å². The summed E-state index contributed by atoms with van der Waals surface area (Å²) in [4.78, 5) is 12.2. The Bertz CT molecular complexity index is 676. The van der Waals surface area contributed by atoms with Gasteiger partial charge in [-0.15, -0.1) is 0 Å². The summed E-state index contributed by atoms with van der Waals surface area (Å²) in [5.41, 5.74) is 0. The monoisotopic (exact) mass is 312 g/mol. The first-order valence-electron chi connectivity index (χ1n) is 8.47. The highest BCUT2D eigenvalue weighted by Gasteiger charge is 2.20. The van der Waals surface area contributed by atoms with Crippen LogP contribution in [0.25, 0.3) is 10.8 Å². The number of benzene rings is 1. The van der Waals surface area contributed by atoms with Gasteiger partial charge in [0.25, 0.3) is 0 Å². The van der Waals surface area contributed by atoms with E-state index in [1.54, 1.807) is 0 Å². The molecule has 1 aromatic carbocycles. The number of pyridine rings is 1. The number of aromatic nitrogens is 1. The SMILES string of the molecule is CN1CCN(c2cc3ccccc3c(N3CCOCC3)n2)CC1. The zero-order chi connectivity index (χ0) is 15.6. The molecule has 2 aliphatic rings. The number of piperazine rings is 1. The number of hydrogen-bond donors (Lipinski definition) is 0. The first-order valence-corrected chi connectivity index (χ1v) is 8.47. The molecule has 23 heavy (non-hydrogen) atoms. The van der Waals surface area contributed by atoms with E-state index in [0.29, 0.717) is 0 Å². The van der Waals surface area contributed by atoms with Crippen LogP contribution in [-0.4, -0.2) is 69.4 Å². The number of anilines is 2. The predicted octanol–water partition coefficient (Wildman–Crippen LogP) is 1.82. The molecule has 0 amide bonds. The fourth-order valence-corrected chi connectivity index (χ4v) is 3.38. The van der Waals surface area contributed by atoms with Gasteiger partial charge in [0.05, 0.1) is 13.2 Å². The first kappa shape index (κ1) is 14.7. The summed E-state index contributed by atoms with van der Waals surface area (Å²) in [5, 5.41) is 2.52. The van der Waals surface area contributed by atoms with Crippen LogP contribution in [0.1, 0.15) is 0 Å². The highest BCUT2D eigenvalue weighted by molar-refractivity contribution is 5.94. The molecule has 3 heterocycles. The quantitative estimate of drug-likeness (QED) is 0.844. The molecule has 4 rings (SSSR count). The Labute approximate surface area is 137 Å². The van der Waals surface area contributed by atoms with E-state index in [-0.39, 0.29) is 0 Å². The van der Waals surface area contributed by atoms with Crippen molar-refractivity contribution in [1.82, 2.24) is 9.88 Å². The zero-order valence-electron chi connectivity index (χ0n) is 13.7. The van der Waals surface area contributed by atoms with Crippen LogP contribution in [0.3, 0.4) is 0 Å². The molecule has 0 spiro atoms. The van der Waals surface area contributed by atoms with Gasteiger partial charge in [-0.25, -0.2) is 4.98 Å². The molecule has 0 radical (unpaired) electrons. The fourth-order valence-electron chi connectivity index (χ4n) is 3.38. The first-order chi connectivity index (χ1) is 11.3. The highest BCUT2D eigenvalue weighted by Crippen LogP contribution is 2.30. The minimum Gasteiger partial charge on any atom is -0.378 e. The maximum Gasteiger partial charge on any atom is 0.139 e. The van der Waals surface area contributed by atoms with Gasteiger partial charge in [-0.2, -0.15) is 0 Å². The number of nitrogens with zero attached hydrogens (tertiary/aromatic N) is 4. The standard InChI is InChI=1S/C18H24N4O/c1-20-6-8-21(9-7-20)17-14-15-4-2-3-5-16(15)18(19-17)22-10-12-23-13-11-22/h2-5,14H,6-13H2,1H3. The van der Waals surface area contributed by atoms with Gasteiger partial charge in [0.15, 0.2) is 0 Å². The van der Waals surface area contributed by atoms with Crippen molar-refractivity contribution in [2.24, 2.45) is 0 Å². The Morgan fingerprint density at radius 1 is 0.913 bits per heavy atom. The molecule has 5 nitrogen and oxygen atoms in total. The van der Waals surface area contributed by atoms with Crippen LogP contribution in [0, 0.1) is 0 Å². The second-order valence-corrected chi connectivity index (χ2v) is 6.41. The maximum atomic E-state index is 5.51. The van der Waals surface area contributed by atoms with Crippen LogP contribution in [0.5, 0.6) is 0 Å². The lowest BCUT2D eigenvalue weighted by molar-refractivity contribution is 0.122. The predicted molar refractivity (Wildman–Crippen MR) is 94.5 cm³/mol. The molecule has 2 aromatic rings. The average Bonchev–Trinajstić information content (AvgIpc) is 2.62. The molecule has 0 aliphatic carbocycles. The minimum atomic E-state index is 0.786.